The third kappa shape index (κ3) is 8.49. The van der Waals surface area contributed by atoms with Crippen LogP contribution in [0.2, 0.25) is 0 Å². The molecule has 0 amide bonds. The predicted octanol–water partition coefficient (Wildman–Crippen LogP) is 6.68. The second-order valence-electron chi connectivity index (χ2n) is 15.4. The molecule has 1 aliphatic carbocycles. The van der Waals surface area contributed by atoms with E-state index >= 15 is 0 Å². The molecule has 0 spiro atoms. The first-order chi connectivity index (χ1) is 19.5. The van der Waals surface area contributed by atoms with E-state index in [4.69, 9.17) is 9.47 Å². The molecule has 3 saturated heterocycles. The fourth-order valence-corrected chi connectivity index (χ4v) is 8.93. The number of aryl methyl sites for hydroxylation is 2. The zero-order valence-electron chi connectivity index (χ0n) is 26.9. The minimum Gasteiger partial charge on any atom is -0.376 e. The second-order valence-corrected chi connectivity index (χ2v) is 16.5. The Morgan fingerprint density at radius 3 is 2.54 bits per heavy atom. The van der Waals surface area contributed by atoms with Gasteiger partial charge in [-0.2, -0.15) is 0 Å². The summed E-state index contributed by atoms with van der Waals surface area (Å²) in [4.78, 5) is 2.81. The molecule has 1 aromatic rings. The van der Waals surface area contributed by atoms with Gasteiger partial charge in [0.2, 0.25) is 0 Å². The largest absolute Gasteiger partial charge is 0.376 e. The summed E-state index contributed by atoms with van der Waals surface area (Å²) < 4.78 is 17.2. The summed E-state index contributed by atoms with van der Waals surface area (Å²) >= 11 is 1.95. The SMILES string of the molecule is Cc1cccc(C)c1C1CC2NC(NSC3CCCC(C3)CN(CC3OCCCC3(C)C)[C@H](CC(C)(C)C)CO2)N1. The van der Waals surface area contributed by atoms with Crippen molar-refractivity contribution >= 4 is 11.9 Å². The zero-order chi connectivity index (χ0) is 29.2. The Morgan fingerprint density at radius 2 is 1.80 bits per heavy atom. The van der Waals surface area contributed by atoms with E-state index in [9.17, 15) is 0 Å². The molecule has 1 aromatic carbocycles. The van der Waals surface area contributed by atoms with Crippen LogP contribution in [0.15, 0.2) is 18.2 Å². The van der Waals surface area contributed by atoms with E-state index in [1.807, 2.05) is 11.9 Å². The van der Waals surface area contributed by atoms with Crippen molar-refractivity contribution in [2.45, 2.75) is 136 Å². The molecule has 6 unspecified atom stereocenters. The highest BCUT2D eigenvalue weighted by molar-refractivity contribution is 7.98. The van der Waals surface area contributed by atoms with Gasteiger partial charge in [-0.1, -0.05) is 71.2 Å². The highest BCUT2D eigenvalue weighted by Gasteiger charge is 2.39. The van der Waals surface area contributed by atoms with Crippen LogP contribution < -0.4 is 15.4 Å². The zero-order valence-corrected chi connectivity index (χ0v) is 27.7. The van der Waals surface area contributed by atoms with Gasteiger partial charge in [-0.25, -0.2) is 4.72 Å². The van der Waals surface area contributed by atoms with Gasteiger partial charge in [0.1, 0.15) is 12.5 Å². The van der Waals surface area contributed by atoms with Gasteiger partial charge in [0, 0.05) is 43.5 Å². The van der Waals surface area contributed by atoms with E-state index in [1.54, 1.807) is 0 Å². The van der Waals surface area contributed by atoms with E-state index < -0.39 is 0 Å². The maximum absolute atomic E-state index is 6.92. The molecule has 232 valence electrons. The number of hydrogen-bond acceptors (Lipinski definition) is 7. The maximum atomic E-state index is 6.92. The minimum atomic E-state index is -0.00910. The van der Waals surface area contributed by atoms with Gasteiger partial charge in [0.25, 0.3) is 0 Å². The number of hydrogen-bond donors (Lipinski definition) is 3. The van der Waals surface area contributed by atoms with Crippen molar-refractivity contribution in [1.29, 1.82) is 0 Å². The molecule has 4 bridgehead atoms. The van der Waals surface area contributed by atoms with Gasteiger partial charge in [-0.15, -0.1) is 0 Å². The summed E-state index contributed by atoms with van der Waals surface area (Å²) in [6.07, 6.45) is 9.98. The molecule has 3 N–H and O–H groups in total. The number of fused-ring (bicyclic) bond motifs is 4. The lowest BCUT2D eigenvalue weighted by Gasteiger charge is -2.45. The lowest BCUT2D eigenvalue weighted by molar-refractivity contribution is -0.102. The number of ether oxygens (including phenoxy) is 2. The van der Waals surface area contributed by atoms with Crippen molar-refractivity contribution in [2.24, 2.45) is 16.7 Å². The molecule has 41 heavy (non-hydrogen) atoms. The van der Waals surface area contributed by atoms with Crippen LogP contribution in [-0.4, -0.2) is 61.1 Å². The predicted molar refractivity (Wildman–Crippen MR) is 172 cm³/mol. The molecule has 7 atom stereocenters. The standard InChI is InChI=1S/C34H58N4O2S/c1-23-11-8-12-24(2)31(23)28-18-30-36-32(35-28)37-41-27-14-9-13-25(17-27)20-38(26(22-40-30)19-33(3,4)5)21-29-34(6,7)15-10-16-39-29/h8,11-12,25-30,32,35-37H,9-10,13-22H2,1-7H3/t25?,26-,27?,28?,29?,30?,32?/m1/s1. The summed E-state index contributed by atoms with van der Waals surface area (Å²) in [7, 11) is 0. The Labute approximate surface area is 255 Å². The summed E-state index contributed by atoms with van der Waals surface area (Å²) in [5.74, 6) is 0.723. The molecular weight excluding hydrogens is 528 g/mol. The first-order valence-electron chi connectivity index (χ1n) is 16.4. The molecule has 3 heterocycles. The highest BCUT2D eigenvalue weighted by Crippen LogP contribution is 2.38. The summed E-state index contributed by atoms with van der Waals surface area (Å²) in [5, 5.41) is 8.33. The minimum absolute atomic E-state index is 0.00910. The summed E-state index contributed by atoms with van der Waals surface area (Å²) in [6.45, 7) is 20.3. The number of benzene rings is 1. The summed E-state index contributed by atoms with van der Waals surface area (Å²) in [5.41, 5.74) is 4.57. The topological polar surface area (TPSA) is 57.8 Å². The monoisotopic (exact) mass is 586 g/mol. The highest BCUT2D eigenvalue weighted by atomic mass is 32.2. The molecule has 5 rings (SSSR count). The van der Waals surface area contributed by atoms with Gasteiger partial charge in [-0.05, 0) is 85.8 Å². The first kappa shape index (κ1) is 31.7. The van der Waals surface area contributed by atoms with Crippen LogP contribution in [-0.2, 0) is 9.47 Å². The van der Waals surface area contributed by atoms with E-state index in [2.05, 4.69) is 86.9 Å². The Morgan fingerprint density at radius 1 is 1.02 bits per heavy atom. The molecule has 1 saturated carbocycles. The Kier molecular flexibility index (Phi) is 10.5. The van der Waals surface area contributed by atoms with Crippen LogP contribution in [0.3, 0.4) is 0 Å². The lowest BCUT2D eigenvalue weighted by Crippen LogP contribution is -2.61. The van der Waals surface area contributed by atoms with Gasteiger partial charge >= 0.3 is 0 Å². The van der Waals surface area contributed by atoms with Crippen LogP contribution in [0.4, 0.5) is 0 Å². The Bertz CT molecular complexity index is 977. The molecule has 7 heteroatoms. The van der Waals surface area contributed by atoms with Crippen molar-refractivity contribution in [2.75, 3.05) is 26.3 Å². The quantitative estimate of drug-likeness (QED) is 0.341. The van der Waals surface area contributed by atoms with Crippen LogP contribution in [0.5, 0.6) is 0 Å². The third-order valence-corrected chi connectivity index (χ3v) is 11.2. The summed E-state index contributed by atoms with van der Waals surface area (Å²) in [6, 6.07) is 7.28. The third-order valence-electron chi connectivity index (χ3n) is 10.1. The van der Waals surface area contributed by atoms with Gasteiger partial charge in [-0.3, -0.25) is 15.5 Å². The van der Waals surface area contributed by atoms with Gasteiger partial charge < -0.3 is 9.47 Å². The van der Waals surface area contributed by atoms with E-state index in [1.165, 1.54) is 55.2 Å². The van der Waals surface area contributed by atoms with Crippen molar-refractivity contribution in [1.82, 2.24) is 20.3 Å². The molecule has 3 aliphatic heterocycles. The van der Waals surface area contributed by atoms with Gasteiger partial charge in [0.05, 0.1) is 12.7 Å². The molecule has 4 aliphatic rings. The van der Waals surface area contributed by atoms with Crippen LogP contribution >= 0.6 is 11.9 Å². The first-order valence-corrected chi connectivity index (χ1v) is 17.3. The van der Waals surface area contributed by atoms with Crippen molar-refractivity contribution in [3.63, 3.8) is 0 Å². The molecule has 4 fully saturated rings. The average molecular weight is 587 g/mol. The fraction of sp³-hybridized carbons (Fsp3) is 0.824. The maximum Gasteiger partial charge on any atom is 0.123 e. The van der Waals surface area contributed by atoms with Crippen LogP contribution in [0, 0.1) is 30.6 Å². The van der Waals surface area contributed by atoms with Crippen molar-refractivity contribution < 1.29 is 9.47 Å². The lowest BCUT2D eigenvalue weighted by atomic mass is 9.79. The van der Waals surface area contributed by atoms with Crippen molar-refractivity contribution in [3.8, 4) is 0 Å². The Balaban J connectivity index is 1.43. The van der Waals surface area contributed by atoms with Gasteiger partial charge in [0.15, 0.2) is 0 Å². The second kappa shape index (κ2) is 13.5. The molecule has 0 radical (unpaired) electrons. The van der Waals surface area contributed by atoms with Crippen LogP contribution in [0.1, 0.15) is 109 Å². The number of rotatable bonds is 4. The van der Waals surface area contributed by atoms with E-state index in [0.29, 0.717) is 11.3 Å². The van der Waals surface area contributed by atoms with E-state index in [-0.39, 0.29) is 35.5 Å². The van der Waals surface area contributed by atoms with Crippen molar-refractivity contribution in [3.05, 3.63) is 34.9 Å². The molecular formula is C34H58N4O2S. The smallest absolute Gasteiger partial charge is 0.123 e. The number of nitrogens with one attached hydrogen (secondary N) is 3. The Hall–Kier alpha value is -0.670. The average Bonchev–Trinajstić information content (AvgIpc) is 2.90. The molecule has 0 aromatic heterocycles. The molecule has 6 nitrogen and oxygen atoms in total. The number of nitrogens with zero attached hydrogens (tertiary/aromatic N) is 1. The fourth-order valence-electron chi connectivity index (χ4n) is 7.81. The normalized spacial score (nSPS) is 35.6. The van der Waals surface area contributed by atoms with E-state index in [0.717, 1.165) is 45.1 Å². The van der Waals surface area contributed by atoms with Crippen LogP contribution in [0.25, 0.3) is 0 Å².